The number of hydrogen-bond donors (Lipinski definition) is 1. The van der Waals surface area contributed by atoms with Crippen LogP contribution in [0.1, 0.15) is 38.4 Å². The standard InChI is InChI=1S/C12H17N5/c1-2-11-14-15-12-8-7-10(16-17(11)12)13-9-5-3-4-6-9/h7-9H,2-6H2,1H3,(H,13,16). The van der Waals surface area contributed by atoms with Gasteiger partial charge in [-0.05, 0) is 25.0 Å². The summed E-state index contributed by atoms with van der Waals surface area (Å²) in [5.74, 6) is 1.84. The Morgan fingerprint density at radius 1 is 1.29 bits per heavy atom. The molecule has 0 unspecified atom stereocenters. The van der Waals surface area contributed by atoms with Crippen molar-refractivity contribution in [2.45, 2.75) is 45.1 Å². The van der Waals surface area contributed by atoms with Gasteiger partial charge in [-0.2, -0.15) is 4.52 Å². The molecule has 1 aliphatic carbocycles. The lowest BCUT2D eigenvalue weighted by atomic mass is 10.2. The van der Waals surface area contributed by atoms with Crippen molar-refractivity contribution in [3.8, 4) is 0 Å². The van der Waals surface area contributed by atoms with Crippen LogP contribution in [0.4, 0.5) is 5.82 Å². The van der Waals surface area contributed by atoms with Gasteiger partial charge in [-0.3, -0.25) is 0 Å². The number of fused-ring (bicyclic) bond motifs is 1. The maximum Gasteiger partial charge on any atom is 0.178 e. The van der Waals surface area contributed by atoms with Crippen molar-refractivity contribution in [1.29, 1.82) is 0 Å². The minimum atomic E-state index is 0.585. The molecule has 2 aromatic heterocycles. The summed E-state index contributed by atoms with van der Waals surface area (Å²) in [4.78, 5) is 0. The lowest BCUT2D eigenvalue weighted by Crippen LogP contribution is -2.16. The average Bonchev–Trinajstić information content (AvgIpc) is 2.97. The molecule has 17 heavy (non-hydrogen) atoms. The second-order valence-electron chi connectivity index (χ2n) is 4.58. The van der Waals surface area contributed by atoms with E-state index in [2.05, 4.69) is 27.5 Å². The van der Waals surface area contributed by atoms with Gasteiger partial charge in [0.2, 0.25) is 0 Å². The van der Waals surface area contributed by atoms with Gasteiger partial charge in [0.25, 0.3) is 0 Å². The summed E-state index contributed by atoms with van der Waals surface area (Å²) in [5, 5.41) is 16.2. The summed E-state index contributed by atoms with van der Waals surface area (Å²) >= 11 is 0. The largest absolute Gasteiger partial charge is 0.366 e. The van der Waals surface area contributed by atoms with Crippen LogP contribution in [-0.2, 0) is 6.42 Å². The third-order valence-corrected chi connectivity index (χ3v) is 3.35. The predicted octanol–water partition coefficient (Wildman–Crippen LogP) is 2.04. The fourth-order valence-corrected chi connectivity index (χ4v) is 2.41. The van der Waals surface area contributed by atoms with E-state index in [1.807, 2.05) is 16.6 Å². The Bertz CT molecular complexity index is 513. The molecule has 2 heterocycles. The van der Waals surface area contributed by atoms with E-state index >= 15 is 0 Å². The number of rotatable bonds is 3. The second-order valence-corrected chi connectivity index (χ2v) is 4.58. The molecule has 5 heteroatoms. The maximum atomic E-state index is 4.55. The molecular formula is C12H17N5. The molecule has 2 aromatic rings. The Hall–Kier alpha value is -1.65. The first-order valence-electron chi connectivity index (χ1n) is 6.34. The number of nitrogens with one attached hydrogen (secondary N) is 1. The Labute approximate surface area is 100 Å². The molecule has 1 aliphatic rings. The molecule has 90 valence electrons. The van der Waals surface area contributed by atoms with Crippen LogP contribution in [0.15, 0.2) is 12.1 Å². The third-order valence-electron chi connectivity index (χ3n) is 3.35. The van der Waals surface area contributed by atoms with Crippen LogP contribution in [0.3, 0.4) is 0 Å². The van der Waals surface area contributed by atoms with Gasteiger partial charge in [-0.1, -0.05) is 19.8 Å². The number of anilines is 1. The highest BCUT2D eigenvalue weighted by molar-refractivity contribution is 5.44. The zero-order valence-electron chi connectivity index (χ0n) is 10.1. The first-order chi connectivity index (χ1) is 8.36. The SMILES string of the molecule is CCc1nnc2ccc(NC3CCCC3)nn12. The first kappa shape index (κ1) is 10.5. The monoisotopic (exact) mass is 231 g/mol. The van der Waals surface area contributed by atoms with Crippen molar-refractivity contribution in [2.75, 3.05) is 5.32 Å². The smallest absolute Gasteiger partial charge is 0.178 e. The van der Waals surface area contributed by atoms with E-state index in [1.165, 1.54) is 25.7 Å². The summed E-state index contributed by atoms with van der Waals surface area (Å²) in [6.07, 6.45) is 6.01. The maximum absolute atomic E-state index is 4.55. The van der Waals surface area contributed by atoms with E-state index < -0.39 is 0 Å². The lowest BCUT2D eigenvalue weighted by Gasteiger charge is -2.12. The van der Waals surface area contributed by atoms with Crippen molar-refractivity contribution < 1.29 is 0 Å². The highest BCUT2D eigenvalue weighted by atomic mass is 15.4. The third kappa shape index (κ3) is 1.97. The zero-order valence-corrected chi connectivity index (χ0v) is 10.1. The van der Waals surface area contributed by atoms with Gasteiger partial charge < -0.3 is 5.32 Å². The van der Waals surface area contributed by atoms with Crippen molar-refractivity contribution in [3.63, 3.8) is 0 Å². The molecule has 1 fully saturated rings. The van der Waals surface area contributed by atoms with Crippen LogP contribution in [0.5, 0.6) is 0 Å². The summed E-state index contributed by atoms with van der Waals surface area (Å²) < 4.78 is 1.83. The molecular weight excluding hydrogens is 214 g/mol. The Morgan fingerprint density at radius 2 is 2.12 bits per heavy atom. The fraction of sp³-hybridized carbons (Fsp3) is 0.583. The molecule has 3 rings (SSSR count). The van der Waals surface area contributed by atoms with E-state index in [4.69, 9.17) is 0 Å². The first-order valence-corrected chi connectivity index (χ1v) is 6.34. The lowest BCUT2D eigenvalue weighted by molar-refractivity contribution is 0.738. The molecule has 5 nitrogen and oxygen atoms in total. The topological polar surface area (TPSA) is 55.1 Å². The van der Waals surface area contributed by atoms with E-state index in [1.54, 1.807) is 0 Å². The molecule has 1 N–H and O–H groups in total. The van der Waals surface area contributed by atoms with Gasteiger partial charge in [0, 0.05) is 12.5 Å². The number of aromatic nitrogens is 4. The quantitative estimate of drug-likeness (QED) is 0.878. The van der Waals surface area contributed by atoms with Crippen LogP contribution < -0.4 is 5.32 Å². The fourth-order valence-electron chi connectivity index (χ4n) is 2.41. The highest BCUT2D eigenvalue weighted by Gasteiger charge is 2.15. The molecule has 0 atom stereocenters. The minimum absolute atomic E-state index is 0.585. The molecule has 1 saturated carbocycles. The number of nitrogens with zero attached hydrogens (tertiary/aromatic N) is 4. The Kier molecular flexibility index (Phi) is 2.66. The molecule has 0 spiro atoms. The predicted molar refractivity (Wildman–Crippen MR) is 66.0 cm³/mol. The van der Waals surface area contributed by atoms with E-state index in [0.717, 1.165) is 23.7 Å². The normalized spacial score (nSPS) is 16.8. The Balaban J connectivity index is 1.89. The number of aryl methyl sites for hydroxylation is 1. The summed E-state index contributed by atoms with van der Waals surface area (Å²) in [7, 11) is 0. The van der Waals surface area contributed by atoms with Crippen molar-refractivity contribution in [1.82, 2.24) is 19.8 Å². The average molecular weight is 231 g/mol. The second kappa shape index (κ2) is 4.31. The van der Waals surface area contributed by atoms with Crippen molar-refractivity contribution in [2.24, 2.45) is 0 Å². The summed E-state index contributed by atoms with van der Waals surface area (Å²) in [5.41, 5.74) is 0.818. The molecule has 0 amide bonds. The van der Waals surface area contributed by atoms with Gasteiger partial charge in [0.15, 0.2) is 11.5 Å². The van der Waals surface area contributed by atoms with Crippen LogP contribution in [0.2, 0.25) is 0 Å². The van der Waals surface area contributed by atoms with Gasteiger partial charge >= 0.3 is 0 Å². The highest BCUT2D eigenvalue weighted by Crippen LogP contribution is 2.21. The van der Waals surface area contributed by atoms with E-state index in [-0.39, 0.29) is 0 Å². The van der Waals surface area contributed by atoms with E-state index in [9.17, 15) is 0 Å². The van der Waals surface area contributed by atoms with Crippen LogP contribution >= 0.6 is 0 Å². The molecule has 0 bridgehead atoms. The molecule has 0 saturated heterocycles. The van der Waals surface area contributed by atoms with Gasteiger partial charge in [-0.25, -0.2) is 0 Å². The van der Waals surface area contributed by atoms with Gasteiger partial charge in [-0.15, -0.1) is 15.3 Å². The van der Waals surface area contributed by atoms with Crippen molar-refractivity contribution in [3.05, 3.63) is 18.0 Å². The van der Waals surface area contributed by atoms with Crippen molar-refractivity contribution >= 4 is 11.5 Å². The minimum Gasteiger partial charge on any atom is -0.366 e. The zero-order chi connectivity index (χ0) is 11.7. The van der Waals surface area contributed by atoms with Crippen LogP contribution in [-0.4, -0.2) is 25.9 Å². The van der Waals surface area contributed by atoms with Crippen LogP contribution in [0, 0.1) is 0 Å². The molecule has 0 radical (unpaired) electrons. The summed E-state index contributed by atoms with van der Waals surface area (Å²) in [6.45, 7) is 2.06. The van der Waals surface area contributed by atoms with Crippen LogP contribution in [0.25, 0.3) is 5.65 Å². The van der Waals surface area contributed by atoms with Gasteiger partial charge in [0.1, 0.15) is 5.82 Å². The molecule has 0 aliphatic heterocycles. The molecule has 0 aromatic carbocycles. The number of hydrogen-bond acceptors (Lipinski definition) is 4. The van der Waals surface area contributed by atoms with E-state index in [0.29, 0.717) is 6.04 Å². The Morgan fingerprint density at radius 3 is 2.88 bits per heavy atom. The van der Waals surface area contributed by atoms with Gasteiger partial charge in [0.05, 0.1) is 0 Å². The summed E-state index contributed by atoms with van der Waals surface area (Å²) in [6, 6.07) is 4.54.